The molecule has 2 amide bonds. The molecule has 2 aliphatic heterocycles. The summed E-state index contributed by atoms with van der Waals surface area (Å²) in [4.78, 5) is 58.1. The number of ether oxygens (including phenoxy) is 1. The van der Waals surface area contributed by atoms with E-state index in [-0.39, 0.29) is 11.4 Å². The molecular weight excluding hydrogens is 526 g/mol. The molecule has 204 valence electrons. The second kappa shape index (κ2) is 10.3. The van der Waals surface area contributed by atoms with Gasteiger partial charge in [-0.05, 0) is 60.5 Å². The Bertz CT molecular complexity index is 1670. The maximum Gasteiger partial charge on any atom is 0.343 e. The third-order valence-electron chi connectivity index (χ3n) is 7.11. The maximum absolute atomic E-state index is 13.8. The molecule has 0 aromatic heterocycles. The first-order valence-electron chi connectivity index (χ1n) is 12.8. The molecule has 6 rings (SSSR count). The van der Waals surface area contributed by atoms with Gasteiger partial charge in [-0.2, -0.15) is 0 Å². The maximum atomic E-state index is 13.8. The molecule has 0 aliphatic carbocycles. The number of aryl methyl sites for hydroxylation is 1. The zero-order chi connectivity index (χ0) is 28.7. The average molecular weight is 550 g/mol. The number of hydrogen-bond acceptors (Lipinski definition) is 8. The Kier molecular flexibility index (Phi) is 6.52. The van der Waals surface area contributed by atoms with Gasteiger partial charge in [0.15, 0.2) is 6.10 Å². The number of rotatable bonds is 6. The Morgan fingerprint density at radius 3 is 2.27 bits per heavy atom. The molecular formula is C31H23N3O7. The van der Waals surface area contributed by atoms with E-state index >= 15 is 0 Å². The van der Waals surface area contributed by atoms with Gasteiger partial charge in [-0.1, -0.05) is 48.5 Å². The minimum Gasteiger partial charge on any atom is -0.423 e. The van der Waals surface area contributed by atoms with Crippen LogP contribution < -0.4 is 14.7 Å². The van der Waals surface area contributed by atoms with Crippen LogP contribution in [0.1, 0.15) is 27.5 Å². The number of nitrogens with zero attached hydrogens (tertiary/aromatic N) is 3. The summed E-state index contributed by atoms with van der Waals surface area (Å²) in [7, 11) is 0. The van der Waals surface area contributed by atoms with Gasteiger partial charge in [0, 0.05) is 12.1 Å². The highest BCUT2D eigenvalue weighted by Crippen LogP contribution is 2.48. The summed E-state index contributed by atoms with van der Waals surface area (Å²) in [5.74, 6) is -2.12. The summed E-state index contributed by atoms with van der Waals surface area (Å²) < 4.78 is 5.49. The van der Waals surface area contributed by atoms with Crippen molar-refractivity contribution in [1.29, 1.82) is 0 Å². The van der Waals surface area contributed by atoms with Gasteiger partial charge >= 0.3 is 5.97 Å². The fourth-order valence-corrected chi connectivity index (χ4v) is 5.22. The lowest BCUT2D eigenvalue weighted by Crippen LogP contribution is -2.37. The van der Waals surface area contributed by atoms with Gasteiger partial charge in [-0.3, -0.25) is 24.5 Å². The Morgan fingerprint density at radius 1 is 0.854 bits per heavy atom. The Hall–Kier alpha value is -5.35. The number of nitro benzene ring substituents is 1. The van der Waals surface area contributed by atoms with Gasteiger partial charge in [0.1, 0.15) is 11.7 Å². The second-order valence-corrected chi connectivity index (χ2v) is 9.77. The number of amides is 2. The van der Waals surface area contributed by atoms with E-state index in [0.717, 1.165) is 10.5 Å². The molecule has 2 fully saturated rings. The highest BCUT2D eigenvalue weighted by Gasteiger charge is 2.60. The number of fused-ring (bicyclic) bond motifs is 1. The van der Waals surface area contributed by atoms with Crippen molar-refractivity contribution < 1.29 is 28.9 Å². The molecule has 0 N–H and O–H groups in total. The van der Waals surface area contributed by atoms with Crippen LogP contribution in [-0.2, 0) is 14.4 Å². The number of nitro groups is 1. The summed E-state index contributed by atoms with van der Waals surface area (Å²) in [6, 6.07) is 27.2. The molecule has 2 aliphatic rings. The van der Waals surface area contributed by atoms with Crippen molar-refractivity contribution in [2.45, 2.75) is 19.1 Å². The Morgan fingerprint density at radius 2 is 1.56 bits per heavy atom. The highest BCUT2D eigenvalue weighted by molar-refractivity contribution is 6.24. The molecule has 4 aromatic carbocycles. The van der Waals surface area contributed by atoms with Crippen LogP contribution >= 0.6 is 0 Å². The van der Waals surface area contributed by atoms with Gasteiger partial charge in [0.25, 0.3) is 11.6 Å². The number of anilines is 2. The zero-order valence-corrected chi connectivity index (χ0v) is 21.7. The largest absolute Gasteiger partial charge is 0.423 e. The number of hydrogen-bond donors (Lipinski definition) is 0. The smallest absolute Gasteiger partial charge is 0.343 e. The predicted octanol–water partition coefficient (Wildman–Crippen LogP) is 5.17. The van der Waals surface area contributed by atoms with E-state index in [1.807, 2.05) is 13.0 Å². The van der Waals surface area contributed by atoms with Gasteiger partial charge < -0.3 is 4.74 Å². The van der Waals surface area contributed by atoms with E-state index in [4.69, 9.17) is 9.57 Å². The fourth-order valence-electron chi connectivity index (χ4n) is 5.22. The molecule has 0 unspecified atom stereocenters. The number of benzene rings is 4. The summed E-state index contributed by atoms with van der Waals surface area (Å²) in [5, 5.41) is 12.9. The molecule has 0 radical (unpaired) electrons. The van der Waals surface area contributed by atoms with Crippen molar-refractivity contribution in [1.82, 2.24) is 0 Å². The third kappa shape index (κ3) is 4.70. The molecule has 0 saturated carbocycles. The van der Waals surface area contributed by atoms with E-state index in [1.165, 1.54) is 23.3 Å². The normalized spacial score (nSPS) is 19.8. The van der Waals surface area contributed by atoms with Crippen molar-refractivity contribution >= 4 is 34.8 Å². The lowest BCUT2D eigenvalue weighted by molar-refractivity contribution is -0.384. The molecule has 0 bridgehead atoms. The van der Waals surface area contributed by atoms with Crippen LogP contribution in [0.2, 0.25) is 0 Å². The lowest BCUT2D eigenvalue weighted by atomic mass is 9.90. The summed E-state index contributed by atoms with van der Waals surface area (Å²) >= 11 is 0. The number of imide groups is 1. The van der Waals surface area contributed by atoms with E-state index in [0.29, 0.717) is 22.5 Å². The van der Waals surface area contributed by atoms with E-state index < -0.39 is 40.8 Å². The van der Waals surface area contributed by atoms with Crippen LogP contribution in [0.3, 0.4) is 0 Å². The molecule has 2 heterocycles. The first-order chi connectivity index (χ1) is 19.8. The summed E-state index contributed by atoms with van der Waals surface area (Å²) in [6.07, 6.45) is -1.14. The minimum atomic E-state index is -1.14. The number of non-ortho nitro benzene ring substituents is 1. The summed E-state index contributed by atoms with van der Waals surface area (Å²) in [6.45, 7) is 1.87. The molecule has 2 saturated heterocycles. The molecule has 0 spiro atoms. The first-order valence-corrected chi connectivity index (χ1v) is 12.8. The van der Waals surface area contributed by atoms with Crippen molar-refractivity contribution in [3.05, 3.63) is 130 Å². The zero-order valence-electron chi connectivity index (χ0n) is 21.7. The number of carbonyl (C=O) groups excluding carboxylic acids is 3. The number of esters is 1. The van der Waals surface area contributed by atoms with Gasteiger partial charge in [-0.15, -0.1) is 0 Å². The van der Waals surface area contributed by atoms with Crippen LogP contribution in [0, 0.1) is 23.0 Å². The highest BCUT2D eigenvalue weighted by atomic mass is 16.7. The fraction of sp³-hybridized carbons (Fsp3) is 0.129. The Labute approximate surface area is 234 Å². The first kappa shape index (κ1) is 25.9. The van der Waals surface area contributed by atoms with Crippen molar-refractivity contribution in [3.63, 3.8) is 0 Å². The Balaban J connectivity index is 1.36. The van der Waals surface area contributed by atoms with E-state index in [2.05, 4.69) is 0 Å². The van der Waals surface area contributed by atoms with E-state index in [9.17, 15) is 24.5 Å². The van der Waals surface area contributed by atoms with Gasteiger partial charge in [0.2, 0.25) is 5.91 Å². The minimum absolute atomic E-state index is 0.163. The van der Waals surface area contributed by atoms with Crippen LogP contribution in [0.25, 0.3) is 0 Å². The monoisotopic (exact) mass is 549 g/mol. The molecule has 10 heteroatoms. The molecule has 4 aromatic rings. The SMILES string of the molecule is Cc1cccc(N2C(=O)[C@H]3[C@H](ON(c4cccc([N+](=O)[O-])c4)[C@H]3c3ccc(OC(=O)c4ccccc4)cc3)C2=O)c1. The van der Waals surface area contributed by atoms with Gasteiger partial charge in [0.05, 0.1) is 27.9 Å². The number of carbonyl (C=O) groups is 3. The second-order valence-electron chi connectivity index (χ2n) is 9.77. The van der Waals surface area contributed by atoms with Crippen molar-refractivity contribution in [2.24, 2.45) is 5.92 Å². The van der Waals surface area contributed by atoms with Crippen LogP contribution in [0.4, 0.5) is 17.1 Å². The predicted molar refractivity (Wildman–Crippen MR) is 148 cm³/mol. The molecule has 3 atom stereocenters. The van der Waals surface area contributed by atoms with E-state index in [1.54, 1.807) is 78.9 Å². The topological polar surface area (TPSA) is 119 Å². The quantitative estimate of drug-likeness (QED) is 0.106. The standard InChI is InChI=1S/C31H23N3O7/c1-19-7-5-10-22(17-19)32-29(35)26-27(20-13-15-25(16-14-20)40-31(37)21-8-3-2-4-9-21)33(41-28(26)30(32)36)23-11-6-12-24(18-23)34(38)39/h2-18,26-28H,1H3/t26-,27+,28+/m1/s1. The average Bonchev–Trinajstić information content (AvgIpc) is 3.49. The number of hydroxylamine groups is 1. The van der Waals surface area contributed by atoms with Crippen LogP contribution in [0.15, 0.2) is 103 Å². The summed E-state index contributed by atoms with van der Waals surface area (Å²) in [5.41, 5.74) is 2.48. The van der Waals surface area contributed by atoms with Crippen molar-refractivity contribution in [3.8, 4) is 5.75 Å². The molecule has 41 heavy (non-hydrogen) atoms. The van der Waals surface area contributed by atoms with Crippen LogP contribution in [0.5, 0.6) is 5.75 Å². The molecule has 10 nitrogen and oxygen atoms in total. The van der Waals surface area contributed by atoms with Crippen molar-refractivity contribution in [2.75, 3.05) is 9.96 Å². The lowest BCUT2D eigenvalue weighted by Gasteiger charge is -2.28. The van der Waals surface area contributed by atoms with Crippen LogP contribution in [-0.4, -0.2) is 28.8 Å². The third-order valence-corrected chi connectivity index (χ3v) is 7.11. The van der Waals surface area contributed by atoms with Gasteiger partial charge in [-0.25, -0.2) is 14.8 Å².